The zero-order chi connectivity index (χ0) is 20.7. The Labute approximate surface area is 175 Å². The van der Waals surface area contributed by atoms with E-state index in [1.54, 1.807) is 0 Å². The lowest BCUT2D eigenvalue weighted by molar-refractivity contribution is 0.272. The number of fused-ring (bicyclic) bond motifs is 1. The van der Waals surface area contributed by atoms with E-state index in [4.69, 9.17) is 11.2 Å². The molecule has 3 rings (SSSR count). The van der Waals surface area contributed by atoms with E-state index in [-0.39, 0.29) is 10.1 Å². The molecule has 9 heteroatoms. The van der Waals surface area contributed by atoms with Gasteiger partial charge in [-0.2, -0.15) is 0 Å². The molecule has 0 spiro atoms. The number of imidazole rings is 1. The lowest BCUT2D eigenvalue weighted by atomic mass is 9.73. The molecule has 0 aliphatic heterocycles. The van der Waals surface area contributed by atoms with Gasteiger partial charge in [-0.25, -0.2) is 9.97 Å². The number of pyridine rings is 2. The summed E-state index contributed by atoms with van der Waals surface area (Å²) in [5, 5.41) is 1.01. The van der Waals surface area contributed by atoms with Gasteiger partial charge < -0.3 is 9.14 Å². The highest BCUT2D eigenvalue weighted by atomic mass is 31.1. The fraction of sp³-hybridized carbons (Fsp3) is 0.263. The van der Waals surface area contributed by atoms with Gasteiger partial charge >= 0.3 is 0 Å². The van der Waals surface area contributed by atoms with Crippen LogP contribution in [-0.2, 0) is 4.80 Å². The summed E-state index contributed by atoms with van der Waals surface area (Å²) in [6.45, 7) is 4.89. The molecule has 4 nitrogen and oxygen atoms in total. The highest BCUT2D eigenvalue weighted by molar-refractivity contribution is 7.43. The maximum Gasteiger partial charge on any atom is 0.220 e. The van der Waals surface area contributed by atoms with Crippen molar-refractivity contribution in [1.82, 2.24) is 14.4 Å². The molecule has 3 aromatic heterocycles. The summed E-state index contributed by atoms with van der Waals surface area (Å²) in [6, 6.07) is 6.12. The second-order valence-corrected chi connectivity index (χ2v) is 12.0. The Hall–Kier alpha value is -1.38. The molecule has 3 atom stereocenters. The summed E-state index contributed by atoms with van der Waals surface area (Å²) >= 11 is 0. The number of nitrogens with zero attached hydrogens (tertiary/aromatic N) is 3. The number of aromatic nitrogens is 3. The topological polar surface area (TPSA) is 39.4 Å². The molecule has 0 aliphatic rings. The van der Waals surface area contributed by atoms with Crippen molar-refractivity contribution < 1.29 is 4.74 Å². The highest BCUT2D eigenvalue weighted by Gasteiger charge is 2.23. The van der Waals surface area contributed by atoms with E-state index < -0.39 is 0 Å². The fourth-order valence-electron chi connectivity index (χ4n) is 2.78. The van der Waals surface area contributed by atoms with Crippen molar-refractivity contribution in [1.29, 1.82) is 0 Å². The zero-order valence-electron chi connectivity index (χ0n) is 16.7. The van der Waals surface area contributed by atoms with Gasteiger partial charge in [0.1, 0.15) is 27.2 Å². The molecule has 0 aliphatic carbocycles. The minimum Gasteiger partial charge on any atom is -0.477 e. The first kappa shape index (κ1) is 21.3. The second-order valence-electron chi connectivity index (χ2n) is 8.35. The van der Waals surface area contributed by atoms with Crippen molar-refractivity contribution in [2.75, 3.05) is 6.61 Å². The number of hydrogen-bond acceptors (Lipinski definition) is 3. The predicted octanol–water partition coefficient (Wildman–Crippen LogP) is 1.58. The average molecular weight is 425 g/mol. The first-order chi connectivity index (χ1) is 13.0. The van der Waals surface area contributed by atoms with Gasteiger partial charge in [0, 0.05) is 28.1 Å². The molecule has 3 heterocycles. The van der Waals surface area contributed by atoms with Crippen molar-refractivity contribution in [2.24, 2.45) is 0 Å². The van der Waals surface area contributed by atoms with Crippen molar-refractivity contribution in [3.05, 3.63) is 42.1 Å². The van der Waals surface area contributed by atoms with Crippen molar-refractivity contribution in [3.63, 3.8) is 0 Å². The van der Waals surface area contributed by atoms with Crippen LogP contribution in [0.1, 0.15) is 25.4 Å². The number of terminal acetylenes is 1. The molecule has 0 saturated heterocycles. The van der Waals surface area contributed by atoms with Gasteiger partial charge in [-0.3, -0.25) is 0 Å². The molecule has 3 aromatic rings. The summed E-state index contributed by atoms with van der Waals surface area (Å²) in [7, 11) is 12.5. The Morgan fingerprint density at radius 3 is 2.54 bits per heavy atom. The maximum absolute atomic E-state index is 5.87. The van der Waals surface area contributed by atoms with E-state index in [1.165, 1.54) is 0 Å². The van der Waals surface area contributed by atoms with E-state index in [1.807, 2.05) is 18.3 Å². The highest BCUT2D eigenvalue weighted by Crippen LogP contribution is 2.36. The van der Waals surface area contributed by atoms with E-state index in [9.17, 15) is 0 Å². The predicted molar refractivity (Wildman–Crippen MR) is 133 cm³/mol. The first-order valence-corrected chi connectivity index (χ1v) is 10.7. The van der Waals surface area contributed by atoms with E-state index >= 15 is 0 Å². The van der Waals surface area contributed by atoms with Crippen LogP contribution in [-0.4, -0.2) is 36.7 Å². The van der Waals surface area contributed by atoms with Crippen LogP contribution in [0, 0.1) is 12.3 Å². The van der Waals surface area contributed by atoms with Crippen molar-refractivity contribution >= 4 is 54.2 Å². The molecule has 0 N–H and O–H groups in total. The molecule has 28 heavy (non-hydrogen) atoms. The Morgan fingerprint density at radius 2 is 1.96 bits per heavy atom. The number of hydrogen-bond donors (Lipinski definition) is 0. The molecular formula is C19H24B2N3OP3. The minimum atomic E-state index is -0.286. The van der Waals surface area contributed by atoms with Crippen molar-refractivity contribution in [3.8, 4) is 29.4 Å². The lowest BCUT2D eigenvalue weighted by Gasteiger charge is -2.19. The molecule has 0 amide bonds. The molecule has 0 bridgehead atoms. The van der Waals surface area contributed by atoms with Gasteiger partial charge in [0.2, 0.25) is 5.88 Å². The molecule has 0 aromatic carbocycles. The van der Waals surface area contributed by atoms with Crippen molar-refractivity contribution in [2.45, 2.75) is 24.0 Å². The third-order valence-corrected chi connectivity index (χ3v) is 5.04. The molecule has 0 radical (unpaired) electrons. The largest absolute Gasteiger partial charge is 0.477 e. The van der Waals surface area contributed by atoms with Gasteiger partial charge in [0.25, 0.3) is 0 Å². The summed E-state index contributed by atoms with van der Waals surface area (Å²) < 4.78 is 7.92. The second kappa shape index (κ2) is 7.80. The Balaban J connectivity index is 2.02. The van der Waals surface area contributed by atoms with Gasteiger partial charge in [-0.15, -0.1) is 24.9 Å². The van der Waals surface area contributed by atoms with Crippen LogP contribution >= 0.6 is 27.7 Å². The summed E-state index contributed by atoms with van der Waals surface area (Å²) in [5.74, 6) is 4.20. The van der Waals surface area contributed by atoms with Crippen LogP contribution in [0.15, 0.2) is 30.6 Å². The minimum absolute atomic E-state index is 0.0814. The molecular weight excluding hydrogens is 401 g/mol. The SMILES string of the molecule is BC(C)(C)COc1ncc(-c2ccc3c(C#C)nc(C(B)(P)P)n3c2)cc1P. The van der Waals surface area contributed by atoms with Gasteiger partial charge in [0.15, 0.2) is 0 Å². The summed E-state index contributed by atoms with van der Waals surface area (Å²) in [6.07, 6.45) is 9.55. The van der Waals surface area contributed by atoms with Gasteiger partial charge in [0.05, 0.1) is 12.1 Å². The average Bonchev–Trinajstić information content (AvgIpc) is 2.98. The Morgan fingerprint density at radius 1 is 1.25 bits per heavy atom. The third kappa shape index (κ3) is 4.60. The fourth-order valence-corrected chi connectivity index (χ4v) is 3.52. The quantitative estimate of drug-likeness (QED) is 0.354. The summed E-state index contributed by atoms with van der Waals surface area (Å²) in [5.41, 5.74) is 3.61. The number of rotatable bonds is 5. The smallest absolute Gasteiger partial charge is 0.220 e. The molecule has 142 valence electrons. The van der Waals surface area contributed by atoms with E-state index in [0.717, 1.165) is 27.8 Å². The van der Waals surface area contributed by atoms with Crippen LogP contribution in [0.25, 0.3) is 16.6 Å². The monoisotopic (exact) mass is 425 g/mol. The summed E-state index contributed by atoms with van der Waals surface area (Å²) in [4.78, 5) is 8.87. The standard InChI is InChI=1S/C19H24B2N3OP3/c1-4-13-14-6-5-11(9-24(14)17(23-13)19(21,27)28)12-7-15(26)16(22-8-12)25-10-18(2,3)20/h1,5-9H,10,20-21,26-28H2,2-3H3. The molecule has 0 saturated carbocycles. The molecule has 0 fully saturated rings. The van der Waals surface area contributed by atoms with E-state index in [0.29, 0.717) is 18.2 Å². The van der Waals surface area contributed by atoms with Crippen LogP contribution in [0.5, 0.6) is 5.88 Å². The Kier molecular flexibility index (Phi) is 5.94. The normalized spacial score (nSPS) is 12.1. The maximum atomic E-state index is 5.87. The third-order valence-electron chi connectivity index (χ3n) is 4.11. The number of ether oxygens (including phenoxy) is 1. The molecule has 3 unspecified atom stereocenters. The van der Waals surface area contributed by atoms with Crippen LogP contribution in [0.2, 0.25) is 5.31 Å². The lowest BCUT2D eigenvalue weighted by Crippen LogP contribution is -2.17. The van der Waals surface area contributed by atoms with Crippen LogP contribution in [0.4, 0.5) is 0 Å². The van der Waals surface area contributed by atoms with Crippen LogP contribution in [0.3, 0.4) is 0 Å². The van der Waals surface area contributed by atoms with Gasteiger partial charge in [-0.1, -0.05) is 29.2 Å². The van der Waals surface area contributed by atoms with Gasteiger partial charge in [-0.05, 0) is 28.9 Å². The Bertz CT molecular complexity index is 1080. The van der Waals surface area contributed by atoms with E-state index in [2.05, 4.69) is 89.8 Å². The first-order valence-electron chi connectivity index (χ1n) is 8.95. The van der Waals surface area contributed by atoms with Crippen LogP contribution < -0.4 is 10.0 Å². The zero-order valence-corrected chi connectivity index (χ0v) is 20.1.